The number of benzene rings is 1. The Bertz CT molecular complexity index is 759. The summed E-state index contributed by atoms with van der Waals surface area (Å²) in [5, 5.41) is 5.92. The summed E-state index contributed by atoms with van der Waals surface area (Å²) in [5.74, 6) is -0.203. The Morgan fingerprint density at radius 3 is 2.79 bits per heavy atom. The summed E-state index contributed by atoms with van der Waals surface area (Å²) < 4.78 is 5.04. The molecule has 3 rings (SSSR count). The van der Waals surface area contributed by atoms with Gasteiger partial charge in [0.25, 0.3) is 5.91 Å². The molecule has 1 saturated carbocycles. The van der Waals surface area contributed by atoms with E-state index in [-0.39, 0.29) is 17.6 Å². The lowest BCUT2D eigenvalue weighted by atomic mass is 10.2. The van der Waals surface area contributed by atoms with Crippen LogP contribution in [0, 0.1) is 0 Å². The summed E-state index contributed by atoms with van der Waals surface area (Å²) >= 11 is 0. The molecule has 2 aromatic rings. The van der Waals surface area contributed by atoms with Gasteiger partial charge in [-0.1, -0.05) is 12.1 Å². The number of nitrogens with zero attached hydrogens (tertiary/aromatic N) is 2. The van der Waals surface area contributed by atoms with Crippen LogP contribution >= 0.6 is 0 Å². The van der Waals surface area contributed by atoms with Crippen LogP contribution in [-0.2, 0) is 4.74 Å². The number of esters is 1. The minimum atomic E-state index is -0.415. The molecule has 0 atom stereocenters. The van der Waals surface area contributed by atoms with Crippen LogP contribution < -0.4 is 10.6 Å². The fourth-order valence-corrected chi connectivity index (χ4v) is 2.15. The molecule has 1 fully saturated rings. The summed E-state index contributed by atoms with van der Waals surface area (Å²) in [5.41, 5.74) is 1.25. The van der Waals surface area contributed by atoms with Crippen molar-refractivity contribution in [2.45, 2.75) is 25.8 Å². The number of hydrogen-bond acceptors (Lipinski definition) is 6. The molecule has 1 aromatic heterocycles. The average molecular weight is 326 g/mol. The van der Waals surface area contributed by atoms with E-state index in [1.807, 2.05) is 0 Å². The lowest BCUT2D eigenvalue weighted by Crippen LogP contribution is -2.26. The van der Waals surface area contributed by atoms with Gasteiger partial charge in [0.05, 0.1) is 17.9 Å². The first-order chi connectivity index (χ1) is 11.7. The van der Waals surface area contributed by atoms with Gasteiger partial charge in [-0.2, -0.15) is 0 Å². The van der Waals surface area contributed by atoms with Crippen molar-refractivity contribution < 1.29 is 14.3 Å². The van der Waals surface area contributed by atoms with Gasteiger partial charge in [0.15, 0.2) is 0 Å². The van der Waals surface area contributed by atoms with Gasteiger partial charge in [0.1, 0.15) is 17.8 Å². The van der Waals surface area contributed by atoms with E-state index in [9.17, 15) is 9.59 Å². The highest BCUT2D eigenvalue weighted by Gasteiger charge is 2.24. The fourth-order valence-electron chi connectivity index (χ4n) is 2.15. The minimum absolute atomic E-state index is 0.221. The first-order valence-corrected chi connectivity index (χ1v) is 7.83. The molecule has 1 aromatic carbocycles. The fraction of sp³-hybridized carbons (Fsp3) is 0.294. The number of ether oxygens (including phenoxy) is 1. The second-order valence-electron chi connectivity index (χ2n) is 5.43. The summed E-state index contributed by atoms with van der Waals surface area (Å²) in [4.78, 5) is 32.2. The molecule has 1 heterocycles. The Kier molecular flexibility index (Phi) is 4.69. The van der Waals surface area contributed by atoms with Crippen LogP contribution in [0.4, 0.5) is 11.5 Å². The van der Waals surface area contributed by atoms with Crippen molar-refractivity contribution in [1.82, 2.24) is 15.3 Å². The number of carbonyl (C=O) groups is 2. The molecule has 7 heteroatoms. The van der Waals surface area contributed by atoms with E-state index in [1.165, 1.54) is 6.33 Å². The molecule has 0 spiro atoms. The smallest absolute Gasteiger partial charge is 0.340 e. The van der Waals surface area contributed by atoms with E-state index in [4.69, 9.17) is 4.74 Å². The first-order valence-electron chi connectivity index (χ1n) is 7.83. The average Bonchev–Trinajstić information content (AvgIpc) is 3.40. The number of hydrogen-bond donors (Lipinski definition) is 2. The third-order valence-corrected chi connectivity index (χ3v) is 3.50. The van der Waals surface area contributed by atoms with Crippen molar-refractivity contribution >= 4 is 23.4 Å². The van der Waals surface area contributed by atoms with E-state index >= 15 is 0 Å². The predicted molar refractivity (Wildman–Crippen MR) is 88.2 cm³/mol. The highest BCUT2D eigenvalue weighted by Crippen LogP contribution is 2.22. The van der Waals surface area contributed by atoms with Gasteiger partial charge in [-0.05, 0) is 31.9 Å². The molecule has 0 saturated heterocycles. The van der Waals surface area contributed by atoms with Crippen LogP contribution in [0.15, 0.2) is 36.7 Å². The Morgan fingerprint density at radius 1 is 1.25 bits per heavy atom. The third kappa shape index (κ3) is 3.87. The molecule has 2 N–H and O–H groups in total. The van der Waals surface area contributed by atoms with Crippen LogP contribution in [-0.4, -0.2) is 34.5 Å². The van der Waals surface area contributed by atoms with Crippen LogP contribution in [0.1, 0.15) is 40.6 Å². The van der Waals surface area contributed by atoms with E-state index in [1.54, 1.807) is 37.3 Å². The molecule has 124 valence electrons. The van der Waals surface area contributed by atoms with E-state index in [0.717, 1.165) is 12.8 Å². The highest BCUT2D eigenvalue weighted by molar-refractivity contribution is 5.97. The summed E-state index contributed by atoms with van der Waals surface area (Å²) in [7, 11) is 0. The Labute approximate surface area is 139 Å². The maximum Gasteiger partial charge on any atom is 0.340 e. The van der Waals surface area contributed by atoms with Gasteiger partial charge in [-0.15, -0.1) is 0 Å². The molecular formula is C17H18N4O3. The quantitative estimate of drug-likeness (QED) is 0.791. The van der Waals surface area contributed by atoms with E-state index < -0.39 is 5.97 Å². The predicted octanol–water partition coefficient (Wildman–Crippen LogP) is 2.29. The van der Waals surface area contributed by atoms with Crippen molar-refractivity contribution in [3.63, 3.8) is 0 Å². The van der Waals surface area contributed by atoms with Crippen LogP contribution in [0.25, 0.3) is 0 Å². The number of aromatic nitrogens is 2. The van der Waals surface area contributed by atoms with Crippen molar-refractivity contribution in [2.75, 3.05) is 11.9 Å². The monoisotopic (exact) mass is 326 g/mol. The largest absolute Gasteiger partial charge is 0.462 e. The second-order valence-corrected chi connectivity index (χ2v) is 5.43. The molecule has 1 amide bonds. The Balaban J connectivity index is 1.78. The Hall–Kier alpha value is -2.96. The lowest BCUT2D eigenvalue weighted by Gasteiger charge is -2.11. The minimum Gasteiger partial charge on any atom is -0.462 e. The van der Waals surface area contributed by atoms with Crippen molar-refractivity contribution in [2.24, 2.45) is 0 Å². The van der Waals surface area contributed by atoms with Gasteiger partial charge in [-0.3, -0.25) is 4.79 Å². The third-order valence-electron chi connectivity index (χ3n) is 3.50. The van der Waals surface area contributed by atoms with Gasteiger partial charge in [0, 0.05) is 12.1 Å². The number of carbonyl (C=O) groups excluding carboxylic acids is 2. The molecule has 24 heavy (non-hydrogen) atoms. The maximum atomic E-state index is 12.1. The molecule has 0 unspecified atom stereocenters. The van der Waals surface area contributed by atoms with Crippen LogP contribution in [0.3, 0.4) is 0 Å². The number of nitrogens with one attached hydrogen (secondary N) is 2. The molecule has 0 bridgehead atoms. The molecular weight excluding hydrogens is 308 g/mol. The van der Waals surface area contributed by atoms with Crippen molar-refractivity contribution in [3.8, 4) is 0 Å². The number of rotatable bonds is 6. The topological polar surface area (TPSA) is 93.2 Å². The number of amides is 1. The molecule has 1 aliphatic rings. The van der Waals surface area contributed by atoms with Crippen LogP contribution in [0.2, 0.25) is 0 Å². The zero-order chi connectivity index (χ0) is 16.9. The van der Waals surface area contributed by atoms with Gasteiger partial charge in [-0.25, -0.2) is 14.8 Å². The number of anilines is 2. The molecule has 0 aliphatic heterocycles. The molecule has 1 aliphatic carbocycles. The second kappa shape index (κ2) is 7.08. The molecule has 7 nitrogen and oxygen atoms in total. The summed E-state index contributed by atoms with van der Waals surface area (Å²) in [6.07, 6.45) is 3.33. The first kappa shape index (κ1) is 15.9. The lowest BCUT2D eigenvalue weighted by molar-refractivity contribution is 0.0527. The standard InChI is InChI=1S/C17H18N4O3/c1-2-24-17(23)12-5-3-4-6-13(12)21-15-9-14(18-10-19-15)16(22)20-11-7-8-11/h3-6,9-11H,2,7-8H2,1H3,(H,20,22)(H,18,19,21). The zero-order valence-corrected chi connectivity index (χ0v) is 13.3. The normalized spacial score (nSPS) is 13.2. The van der Waals surface area contributed by atoms with Crippen LogP contribution in [0.5, 0.6) is 0 Å². The Morgan fingerprint density at radius 2 is 2.04 bits per heavy atom. The van der Waals surface area contributed by atoms with Gasteiger partial charge >= 0.3 is 5.97 Å². The van der Waals surface area contributed by atoms with E-state index in [2.05, 4.69) is 20.6 Å². The SMILES string of the molecule is CCOC(=O)c1ccccc1Nc1cc(C(=O)NC2CC2)ncn1. The zero-order valence-electron chi connectivity index (χ0n) is 13.3. The van der Waals surface area contributed by atoms with Gasteiger partial charge in [0.2, 0.25) is 0 Å². The number of para-hydroxylation sites is 1. The highest BCUT2D eigenvalue weighted by atomic mass is 16.5. The molecule has 0 radical (unpaired) electrons. The maximum absolute atomic E-state index is 12.1. The summed E-state index contributed by atoms with van der Waals surface area (Å²) in [6.45, 7) is 2.05. The van der Waals surface area contributed by atoms with E-state index in [0.29, 0.717) is 23.7 Å². The van der Waals surface area contributed by atoms with Gasteiger partial charge < -0.3 is 15.4 Å². The summed E-state index contributed by atoms with van der Waals surface area (Å²) in [6, 6.07) is 8.78. The van der Waals surface area contributed by atoms with Crippen molar-refractivity contribution in [3.05, 3.63) is 47.9 Å². The van der Waals surface area contributed by atoms with Crippen molar-refractivity contribution in [1.29, 1.82) is 0 Å².